The van der Waals surface area contributed by atoms with Crippen molar-refractivity contribution >= 4 is 11.9 Å². The topological polar surface area (TPSA) is 82.0 Å². The summed E-state index contributed by atoms with van der Waals surface area (Å²) < 4.78 is 0. The predicted octanol–water partition coefficient (Wildman–Crippen LogP) is -0.502. The summed E-state index contributed by atoms with van der Waals surface area (Å²) in [6.07, 6.45) is 0.659. The van der Waals surface area contributed by atoms with Gasteiger partial charge >= 0.3 is 6.03 Å². The standard InChI is InChI=1S/C6H7N3O2/c7-3-1-2-4-5(10)9-6(11)8-4/h4H,1-2H2,(H2,8,9,10,11). The monoisotopic (exact) mass is 153 g/mol. The number of nitriles is 1. The highest BCUT2D eigenvalue weighted by atomic mass is 16.2. The minimum absolute atomic E-state index is 0.276. The van der Waals surface area contributed by atoms with E-state index in [0.717, 1.165) is 0 Å². The summed E-state index contributed by atoms with van der Waals surface area (Å²) in [7, 11) is 0. The Balaban J connectivity index is 2.42. The van der Waals surface area contributed by atoms with Crippen LogP contribution in [-0.2, 0) is 4.79 Å². The molecule has 1 aliphatic rings. The van der Waals surface area contributed by atoms with Gasteiger partial charge in [-0.2, -0.15) is 5.26 Å². The van der Waals surface area contributed by atoms with Crippen LogP contribution in [0.3, 0.4) is 0 Å². The largest absolute Gasteiger partial charge is 0.326 e. The molecule has 1 fully saturated rings. The molecule has 1 saturated heterocycles. The maximum absolute atomic E-state index is 10.8. The van der Waals surface area contributed by atoms with Crippen LogP contribution in [0.5, 0.6) is 0 Å². The first-order chi connectivity index (χ1) is 5.24. The van der Waals surface area contributed by atoms with E-state index in [2.05, 4.69) is 10.6 Å². The minimum atomic E-state index is -0.512. The van der Waals surface area contributed by atoms with Crippen LogP contribution in [0, 0.1) is 11.3 Å². The van der Waals surface area contributed by atoms with Gasteiger partial charge in [-0.05, 0) is 6.42 Å². The molecule has 5 nitrogen and oxygen atoms in total. The molecule has 0 spiro atoms. The molecule has 0 saturated carbocycles. The number of imide groups is 1. The zero-order valence-electron chi connectivity index (χ0n) is 5.76. The van der Waals surface area contributed by atoms with Crippen LogP contribution in [-0.4, -0.2) is 18.0 Å². The molecule has 3 amide bonds. The van der Waals surface area contributed by atoms with Crippen LogP contribution < -0.4 is 10.6 Å². The van der Waals surface area contributed by atoms with Crippen molar-refractivity contribution in [1.82, 2.24) is 10.6 Å². The van der Waals surface area contributed by atoms with Gasteiger partial charge in [-0.15, -0.1) is 0 Å². The Morgan fingerprint density at radius 3 is 2.73 bits per heavy atom. The van der Waals surface area contributed by atoms with Gasteiger partial charge in [0.15, 0.2) is 0 Å². The van der Waals surface area contributed by atoms with Crippen LogP contribution in [0.1, 0.15) is 12.8 Å². The lowest BCUT2D eigenvalue weighted by Gasteiger charge is -2.00. The zero-order chi connectivity index (χ0) is 8.27. The summed E-state index contributed by atoms with van der Waals surface area (Å²) >= 11 is 0. The summed E-state index contributed by atoms with van der Waals surface area (Å²) in [5, 5.41) is 12.6. The first-order valence-electron chi connectivity index (χ1n) is 3.22. The Labute approximate surface area is 63.4 Å². The van der Waals surface area contributed by atoms with Crippen molar-refractivity contribution in [2.75, 3.05) is 0 Å². The highest BCUT2D eigenvalue weighted by Gasteiger charge is 2.28. The molecule has 11 heavy (non-hydrogen) atoms. The summed E-state index contributed by atoms with van der Waals surface area (Å²) in [5.74, 6) is -0.342. The number of nitrogens with zero attached hydrogens (tertiary/aromatic N) is 1. The average molecular weight is 153 g/mol. The molecule has 1 aliphatic heterocycles. The number of hydrogen-bond donors (Lipinski definition) is 2. The summed E-state index contributed by atoms with van der Waals surface area (Å²) in [5.41, 5.74) is 0. The smallest absolute Gasteiger partial charge is 0.322 e. The van der Waals surface area contributed by atoms with Crippen molar-refractivity contribution in [3.8, 4) is 6.07 Å². The average Bonchev–Trinajstić information content (AvgIpc) is 2.26. The third kappa shape index (κ3) is 1.67. The van der Waals surface area contributed by atoms with Crippen LogP contribution in [0.2, 0.25) is 0 Å². The number of hydrogen-bond acceptors (Lipinski definition) is 3. The van der Waals surface area contributed by atoms with E-state index in [-0.39, 0.29) is 12.3 Å². The van der Waals surface area contributed by atoms with Crippen LogP contribution >= 0.6 is 0 Å². The fraction of sp³-hybridized carbons (Fsp3) is 0.500. The second-order valence-corrected chi connectivity index (χ2v) is 2.21. The van der Waals surface area contributed by atoms with Crippen LogP contribution in [0.4, 0.5) is 4.79 Å². The Morgan fingerprint density at radius 2 is 2.27 bits per heavy atom. The van der Waals surface area contributed by atoms with Crippen molar-refractivity contribution in [3.05, 3.63) is 0 Å². The summed E-state index contributed by atoms with van der Waals surface area (Å²) in [4.78, 5) is 21.3. The van der Waals surface area contributed by atoms with E-state index in [1.54, 1.807) is 0 Å². The molecule has 2 N–H and O–H groups in total. The molecule has 0 aromatic rings. The first kappa shape index (κ1) is 7.54. The molecule has 1 rings (SSSR count). The number of urea groups is 1. The molecule has 1 heterocycles. The Kier molecular flexibility index (Phi) is 2.06. The van der Waals surface area contributed by atoms with Crippen molar-refractivity contribution in [3.63, 3.8) is 0 Å². The van der Waals surface area contributed by atoms with Gasteiger partial charge in [-0.3, -0.25) is 10.1 Å². The highest BCUT2D eigenvalue weighted by Crippen LogP contribution is 2.00. The molecule has 0 aromatic heterocycles. The molecule has 0 aliphatic carbocycles. The Hall–Kier alpha value is -1.57. The van der Waals surface area contributed by atoms with Gasteiger partial charge in [0.25, 0.3) is 5.91 Å². The van der Waals surface area contributed by atoms with Gasteiger partial charge < -0.3 is 5.32 Å². The van der Waals surface area contributed by atoms with Gasteiger partial charge in [-0.25, -0.2) is 4.79 Å². The number of rotatable bonds is 2. The van der Waals surface area contributed by atoms with Crippen molar-refractivity contribution in [2.24, 2.45) is 0 Å². The Morgan fingerprint density at radius 1 is 1.55 bits per heavy atom. The lowest BCUT2D eigenvalue weighted by Crippen LogP contribution is -2.28. The summed E-state index contributed by atoms with van der Waals surface area (Å²) in [6.45, 7) is 0. The van der Waals surface area contributed by atoms with Crippen molar-refractivity contribution in [2.45, 2.75) is 18.9 Å². The van der Waals surface area contributed by atoms with Crippen LogP contribution in [0.15, 0.2) is 0 Å². The van der Waals surface area contributed by atoms with Crippen molar-refractivity contribution < 1.29 is 9.59 Å². The number of amides is 3. The fourth-order valence-electron chi connectivity index (χ4n) is 0.871. The minimum Gasteiger partial charge on any atom is -0.326 e. The lowest BCUT2D eigenvalue weighted by molar-refractivity contribution is -0.120. The van der Waals surface area contributed by atoms with E-state index in [0.29, 0.717) is 6.42 Å². The van der Waals surface area contributed by atoms with E-state index < -0.39 is 12.1 Å². The molecule has 1 atom stereocenters. The van der Waals surface area contributed by atoms with Crippen LogP contribution in [0.25, 0.3) is 0 Å². The third-order valence-electron chi connectivity index (χ3n) is 1.40. The molecule has 0 aromatic carbocycles. The van der Waals surface area contributed by atoms with Gasteiger partial charge in [0.2, 0.25) is 0 Å². The van der Waals surface area contributed by atoms with Crippen molar-refractivity contribution in [1.29, 1.82) is 5.26 Å². The molecular formula is C6H7N3O2. The number of carbonyl (C=O) groups excluding carboxylic acids is 2. The Bertz CT molecular complexity index is 230. The first-order valence-corrected chi connectivity index (χ1v) is 3.22. The maximum Gasteiger partial charge on any atom is 0.322 e. The van der Waals surface area contributed by atoms with E-state index in [9.17, 15) is 9.59 Å². The van der Waals surface area contributed by atoms with E-state index >= 15 is 0 Å². The van der Waals surface area contributed by atoms with Gasteiger partial charge in [0.1, 0.15) is 6.04 Å². The second-order valence-electron chi connectivity index (χ2n) is 2.21. The molecule has 0 radical (unpaired) electrons. The zero-order valence-corrected chi connectivity index (χ0v) is 5.76. The number of carbonyl (C=O) groups is 2. The van der Waals surface area contributed by atoms with E-state index in [4.69, 9.17) is 5.26 Å². The lowest BCUT2D eigenvalue weighted by atomic mass is 10.2. The molecule has 1 unspecified atom stereocenters. The molecule has 58 valence electrons. The van der Waals surface area contributed by atoms with Gasteiger partial charge in [-0.1, -0.05) is 0 Å². The molecule has 5 heteroatoms. The summed E-state index contributed by atoms with van der Waals surface area (Å²) in [6, 6.07) is 0.913. The molecular weight excluding hydrogens is 146 g/mol. The second kappa shape index (κ2) is 3.01. The SMILES string of the molecule is N#CCCC1NC(=O)NC1=O. The fourth-order valence-corrected chi connectivity index (χ4v) is 0.871. The molecule has 0 bridgehead atoms. The van der Waals surface area contributed by atoms with E-state index in [1.165, 1.54) is 0 Å². The predicted molar refractivity (Wildman–Crippen MR) is 35.3 cm³/mol. The van der Waals surface area contributed by atoms with Gasteiger partial charge in [0.05, 0.1) is 6.07 Å². The van der Waals surface area contributed by atoms with Gasteiger partial charge in [0, 0.05) is 6.42 Å². The number of nitrogens with one attached hydrogen (secondary N) is 2. The normalized spacial score (nSPS) is 22.3. The third-order valence-corrected chi connectivity index (χ3v) is 1.40. The highest BCUT2D eigenvalue weighted by molar-refractivity contribution is 6.04. The quantitative estimate of drug-likeness (QED) is 0.524. The maximum atomic E-state index is 10.8. The van der Waals surface area contributed by atoms with E-state index in [1.807, 2.05) is 6.07 Å².